The van der Waals surface area contributed by atoms with Gasteiger partial charge in [0.05, 0.1) is 0 Å². The maximum Gasteiger partial charge on any atom is -0.0352 e. The second kappa shape index (κ2) is 6.44. The van der Waals surface area contributed by atoms with Crippen LogP contribution in [-0.4, -0.2) is 0 Å². The standard InChI is InChI=1S/C18H36/c1-11(2)13(5)9-17-15(7)16(8)18(17)10-14(6)12(3)4/h11-18H,9-10H2,1-8H3. The molecule has 18 heavy (non-hydrogen) atoms. The molecule has 1 aliphatic carbocycles. The zero-order chi connectivity index (χ0) is 14.0. The summed E-state index contributed by atoms with van der Waals surface area (Å²) in [5, 5.41) is 0. The van der Waals surface area contributed by atoms with Gasteiger partial charge in [0.1, 0.15) is 0 Å². The van der Waals surface area contributed by atoms with Gasteiger partial charge >= 0.3 is 0 Å². The first-order valence-electron chi connectivity index (χ1n) is 8.25. The molecule has 1 aliphatic rings. The van der Waals surface area contributed by atoms with E-state index >= 15 is 0 Å². The second-order valence-corrected chi connectivity index (χ2v) is 7.96. The molecular formula is C18H36. The minimum absolute atomic E-state index is 0.844. The summed E-state index contributed by atoms with van der Waals surface area (Å²) in [7, 11) is 0. The van der Waals surface area contributed by atoms with Crippen molar-refractivity contribution >= 4 is 0 Å². The van der Waals surface area contributed by atoms with Crippen LogP contribution in [0.2, 0.25) is 0 Å². The SMILES string of the molecule is CC(C)C(C)CC1C(C)C(C)C1CC(C)C(C)C. The Balaban J connectivity index is 2.55. The number of hydrogen-bond acceptors (Lipinski definition) is 0. The molecule has 0 radical (unpaired) electrons. The third-order valence-corrected chi connectivity index (χ3v) is 6.29. The lowest BCUT2D eigenvalue weighted by molar-refractivity contribution is -0.0336. The monoisotopic (exact) mass is 252 g/mol. The highest BCUT2D eigenvalue weighted by molar-refractivity contribution is 4.94. The number of hydrogen-bond donors (Lipinski definition) is 0. The number of rotatable bonds is 6. The average molecular weight is 252 g/mol. The van der Waals surface area contributed by atoms with E-state index in [0.29, 0.717) is 0 Å². The van der Waals surface area contributed by atoms with Crippen LogP contribution in [0.5, 0.6) is 0 Å². The van der Waals surface area contributed by atoms with Crippen molar-refractivity contribution in [1.82, 2.24) is 0 Å². The van der Waals surface area contributed by atoms with E-state index in [-0.39, 0.29) is 0 Å². The van der Waals surface area contributed by atoms with Gasteiger partial charge < -0.3 is 0 Å². The van der Waals surface area contributed by atoms with Crippen molar-refractivity contribution in [2.45, 2.75) is 68.2 Å². The summed E-state index contributed by atoms with van der Waals surface area (Å²) < 4.78 is 0. The summed E-state index contributed by atoms with van der Waals surface area (Å²) >= 11 is 0. The van der Waals surface area contributed by atoms with E-state index in [1.807, 2.05) is 0 Å². The van der Waals surface area contributed by atoms with Gasteiger partial charge in [-0.15, -0.1) is 0 Å². The van der Waals surface area contributed by atoms with E-state index in [1.165, 1.54) is 12.8 Å². The zero-order valence-corrected chi connectivity index (χ0v) is 14.0. The Hall–Kier alpha value is 0. The van der Waals surface area contributed by atoms with Crippen molar-refractivity contribution in [2.24, 2.45) is 47.3 Å². The van der Waals surface area contributed by atoms with E-state index in [9.17, 15) is 0 Å². The normalized spacial score (nSPS) is 35.7. The molecule has 108 valence electrons. The summed E-state index contributed by atoms with van der Waals surface area (Å²) in [6.07, 6.45) is 2.91. The van der Waals surface area contributed by atoms with Crippen LogP contribution >= 0.6 is 0 Å². The Morgan fingerprint density at radius 2 is 0.889 bits per heavy atom. The highest BCUT2D eigenvalue weighted by Crippen LogP contribution is 2.52. The topological polar surface area (TPSA) is 0 Å². The molecule has 0 heteroatoms. The molecule has 0 bridgehead atoms. The molecule has 0 amide bonds. The summed E-state index contributed by atoms with van der Waals surface area (Å²) in [5.74, 6) is 7.37. The first-order chi connectivity index (χ1) is 8.25. The van der Waals surface area contributed by atoms with E-state index in [0.717, 1.165) is 47.3 Å². The second-order valence-electron chi connectivity index (χ2n) is 7.96. The Morgan fingerprint density at radius 1 is 0.611 bits per heavy atom. The van der Waals surface area contributed by atoms with Gasteiger partial charge in [-0.3, -0.25) is 0 Å². The molecule has 0 saturated heterocycles. The maximum absolute atomic E-state index is 2.49. The Labute approximate surface area is 116 Å². The van der Waals surface area contributed by atoms with Gasteiger partial charge in [0, 0.05) is 0 Å². The van der Waals surface area contributed by atoms with Gasteiger partial charge in [-0.1, -0.05) is 55.4 Å². The highest BCUT2D eigenvalue weighted by atomic mass is 14.5. The summed E-state index contributed by atoms with van der Waals surface area (Å²) in [6.45, 7) is 19.4. The van der Waals surface area contributed by atoms with Gasteiger partial charge in [-0.05, 0) is 60.2 Å². The quantitative estimate of drug-likeness (QED) is 0.554. The summed E-state index contributed by atoms with van der Waals surface area (Å²) in [6, 6.07) is 0. The van der Waals surface area contributed by atoms with E-state index in [1.54, 1.807) is 0 Å². The van der Waals surface area contributed by atoms with Crippen LogP contribution in [0.25, 0.3) is 0 Å². The fraction of sp³-hybridized carbons (Fsp3) is 1.00. The largest absolute Gasteiger partial charge is 0.0625 e. The molecule has 1 rings (SSSR count). The predicted octanol–water partition coefficient (Wildman–Crippen LogP) is 5.87. The van der Waals surface area contributed by atoms with E-state index in [4.69, 9.17) is 0 Å². The van der Waals surface area contributed by atoms with Crippen molar-refractivity contribution in [2.75, 3.05) is 0 Å². The van der Waals surface area contributed by atoms with Crippen LogP contribution in [0, 0.1) is 47.3 Å². The fourth-order valence-electron chi connectivity index (χ4n) is 3.60. The molecule has 0 heterocycles. The van der Waals surface area contributed by atoms with E-state index in [2.05, 4.69) is 55.4 Å². The first-order valence-corrected chi connectivity index (χ1v) is 8.25. The molecule has 6 atom stereocenters. The summed E-state index contributed by atoms with van der Waals surface area (Å²) in [5.41, 5.74) is 0. The van der Waals surface area contributed by atoms with Crippen molar-refractivity contribution in [3.8, 4) is 0 Å². The predicted molar refractivity (Wildman–Crippen MR) is 82.5 cm³/mol. The molecular weight excluding hydrogens is 216 g/mol. The Kier molecular flexibility index (Phi) is 5.74. The third kappa shape index (κ3) is 3.52. The van der Waals surface area contributed by atoms with Gasteiger partial charge in [0.25, 0.3) is 0 Å². The Morgan fingerprint density at radius 3 is 1.11 bits per heavy atom. The highest BCUT2D eigenvalue weighted by Gasteiger charge is 2.45. The lowest BCUT2D eigenvalue weighted by atomic mass is 9.53. The summed E-state index contributed by atoms with van der Waals surface area (Å²) in [4.78, 5) is 0. The molecule has 0 spiro atoms. The van der Waals surface area contributed by atoms with Gasteiger partial charge in [-0.2, -0.15) is 0 Å². The van der Waals surface area contributed by atoms with Crippen molar-refractivity contribution in [3.05, 3.63) is 0 Å². The van der Waals surface area contributed by atoms with Crippen molar-refractivity contribution in [1.29, 1.82) is 0 Å². The average Bonchev–Trinajstić information content (AvgIpc) is 2.31. The van der Waals surface area contributed by atoms with Gasteiger partial charge in [0.2, 0.25) is 0 Å². The van der Waals surface area contributed by atoms with E-state index < -0.39 is 0 Å². The molecule has 0 aromatic carbocycles. The molecule has 0 N–H and O–H groups in total. The minimum atomic E-state index is 0.844. The molecule has 0 aromatic heterocycles. The van der Waals surface area contributed by atoms with Crippen LogP contribution in [0.1, 0.15) is 68.2 Å². The lowest BCUT2D eigenvalue weighted by Crippen LogP contribution is -2.45. The Bertz CT molecular complexity index is 214. The molecule has 0 aliphatic heterocycles. The molecule has 0 nitrogen and oxygen atoms in total. The van der Waals surface area contributed by atoms with Crippen LogP contribution in [-0.2, 0) is 0 Å². The third-order valence-electron chi connectivity index (χ3n) is 6.29. The van der Waals surface area contributed by atoms with Crippen LogP contribution in [0.3, 0.4) is 0 Å². The molecule has 1 saturated carbocycles. The zero-order valence-electron chi connectivity index (χ0n) is 14.0. The van der Waals surface area contributed by atoms with Crippen molar-refractivity contribution in [3.63, 3.8) is 0 Å². The minimum Gasteiger partial charge on any atom is -0.0625 e. The lowest BCUT2D eigenvalue weighted by Gasteiger charge is -2.52. The van der Waals surface area contributed by atoms with Crippen LogP contribution in [0.4, 0.5) is 0 Å². The molecule has 0 aromatic rings. The van der Waals surface area contributed by atoms with Crippen molar-refractivity contribution < 1.29 is 0 Å². The first kappa shape index (κ1) is 16.1. The molecule has 1 fully saturated rings. The fourth-order valence-corrected chi connectivity index (χ4v) is 3.60. The smallest absolute Gasteiger partial charge is 0.0352 e. The van der Waals surface area contributed by atoms with Gasteiger partial charge in [0.15, 0.2) is 0 Å². The van der Waals surface area contributed by atoms with Crippen LogP contribution in [0.15, 0.2) is 0 Å². The maximum atomic E-state index is 2.49. The molecule has 6 unspecified atom stereocenters. The van der Waals surface area contributed by atoms with Crippen LogP contribution < -0.4 is 0 Å². The van der Waals surface area contributed by atoms with Gasteiger partial charge in [-0.25, -0.2) is 0 Å².